The first-order valence-corrected chi connectivity index (χ1v) is 6.53. The maximum absolute atomic E-state index is 13.7. The molecule has 0 aromatic heterocycles. The Morgan fingerprint density at radius 1 is 1.17 bits per heavy atom. The summed E-state index contributed by atoms with van der Waals surface area (Å²) >= 11 is 0. The maximum atomic E-state index is 13.7. The van der Waals surface area contributed by atoms with Crippen molar-refractivity contribution in [3.8, 4) is 0 Å². The molecule has 1 saturated carbocycles. The average molecular weight is 253 g/mol. The highest BCUT2D eigenvalue weighted by molar-refractivity contribution is 5.22. The highest BCUT2D eigenvalue weighted by atomic mass is 19.1. The lowest BCUT2D eigenvalue weighted by Crippen LogP contribution is -2.48. The molecule has 1 aliphatic carbocycles. The first-order valence-electron chi connectivity index (χ1n) is 6.53. The largest absolute Gasteiger partial charge is 0.325 e. The molecule has 0 spiro atoms. The Hall–Kier alpha value is -0.960. The summed E-state index contributed by atoms with van der Waals surface area (Å²) in [5.41, 5.74) is 6.19. The van der Waals surface area contributed by atoms with E-state index in [0.29, 0.717) is 0 Å². The lowest BCUT2D eigenvalue weighted by Gasteiger charge is -2.42. The molecule has 2 N–H and O–H groups in total. The molecule has 3 heteroatoms. The lowest BCUT2D eigenvalue weighted by molar-refractivity contribution is 0.149. The molecular formula is C15H21F2N. The Bertz CT molecular complexity index is 422. The summed E-state index contributed by atoms with van der Waals surface area (Å²) < 4.78 is 27.3. The third-order valence-electron chi connectivity index (χ3n) is 3.95. The number of hydrogen-bond acceptors (Lipinski definition) is 1. The maximum Gasteiger partial charge on any atom is 0.129 e. The van der Waals surface area contributed by atoms with Gasteiger partial charge in [-0.25, -0.2) is 8.78 Å². The Labute approximate surface area is 107 Å². The van der Waals surface area contributed by atoms with Crippen molar-refractivity contribution in [1.82, 2.24) is 0 Å². The van der Waals surface area contributed by atoms with Crippen LogP contribution in [0.1, 0.15) is 45.1 Å². The summed E-state index contributed by atoms with van der Waals surface area (Å²) in [5.74, 6) is -0.966. The molecule has 1 atom stereocenters. The van der Waals surface area contributed by atoms with E-state index in [9.17, 15) is 8.78 Å². The van der Waals surface area contributed by atoms with E-state index in [-0.39, 0.29) is 17.4 Å². The van der Waals surface area contributed by atoms with Crippen molar-refractivity contribution in [3.63, 3.8) is 0 Å². The molecule has 1 fully saturated rings. The molecule has 0 radical (unpaired) electrons. The first-order chi connectivity index (χ1) is 8.31. The van der Waals surface area contributed by atoms with Crippen LogP contribution in [0.5, 0.6) is 0 Å². The van der Waals surface area contributed by atoms with Crippen LogP contribution in [0, 0.1) is 17.0 Å². The van der Waals surface area contributed by atoms with Gasteiger partial charge in [-0.05, 0) is 43.2 Å². The summed E-state index contributed by atoms with van der Waals surface area (Å²) in [4.78, 5) is 0. The van der Waals surface area contributed by atoms with Crippen molar-refractivity contribution < 1.29 is 8.78 Å². The van der Waals surface area contributed by atoms with Crippen molar-refractivity contribution in [2.24, 2.45) is 11.1 Å². The Morgan fingerprint density at radius 3 is 2.33 bits per heavy atom. The monoisotopic (exact) mass is 253 g/mol. The van der Waals surface area contributed by atoms with Crippen LogP contribution in [-0.2, 0) is 6.42 Å². The highest BCUT2D eigenvalue weighted by Crippen LogP contribution is 2.41. The number of hydrogen-bond donors (Lipinski definition) is 1. The van der Waals surface area contributed by atoms with Crippen molar-refractivity contribution in [1.29, 1.82) is 0 Å². The van der Waals surface area contributed by atoms with E-state index in [1.807, 2.05) is 0 Å². The molecule has 1 unspecified atom stereocenters. The fourth-order valence-electron chi connectivity index (χ4n) is 3.25. The van der Waals surface area contributed by atoms with Gasteiger partial charge >= 0.3 is 0 Å². The number of rotatable bonds is 2. The topological polar surface area (TPSA) is 26.0 Å². The quantitative estimate of drug-likeness (QED) is 0.852. The Kier molecular flexibility index (Phi) is 3.45. The minimum absolute atomic E-state index is 0.137. The van der Waals surface area contributed by atoms with Gasteiger partial charge in [0.15, 0.2) is 0 Å². The van der Waals surface area contributed by atoms with E-state index in [4.69, 9.17) is 5.73 Å². The summed E-state index contributed by atoms with van der Waals surface area (Å²) in [5, 5.41) is 0. The van der Waals surface area contributed by atoms with Crippen LogP contribution >= 0.6 is 0 Å². The van der Waals surface area contributed by atoms with Crippen molar-refractivity contribution in [2.45, 2.75) is 51.5 Å². The molecule has 0 amide bonds. The van der Waals surface area contributed by atoms with Gasteiger partial charge in [-0.2, -0.15) is 0 Å². The zero-order valence-corrected chi connectivity index (χ0v) is 11.1. The van der Waals surface area contributed by atoms with Gasteiger partial charge in [0.1, 0.15) is 11.6 Å². The molecular weight excluding hydrogens is 232 g/mol. The molecule has 1 nitrogen and oxygen atoms in total. The van der Waals surface area contributed by atoms with Gasteiger partial charge < -0.3 is 5.73 Å². The number of benzene rings is 1. The van der Waals surface area contributed by atoms with Gasteiger partial charge in [0, 0.05) is 11.1 Å². The minimum atomic E-state index is -0.483. The highest BCUT2D eigenvalue weighted by Gasteiger charge is 2.38. The van der Waals surface area contributed by atoms with Gasteiger partial charge in [0.25, 0.3) is 0 Å². The van der Waals surface area contributed by atoms with Crippen LogP contribution < -0.4 is 5.73 Å². The van der Waals surface area contributed by atoms with Crippen LogP contribution in [0.15, 0.2) is 18.2 Å². The molecule has 1 aromatic carbocycles. The fraction of sp³-hybridized carbons (Fsp3) is 0.600. The molecule has 0 bridgehead atoms. The summed E-state index contributed by atoms with van der Waals surface area (Å²) in [6.45, 7) is 4.34. The second-order valence-electron chi connectivity index (χ2n) is 6.43. The van der Waals surface area contributed by atoms with Gasteiger partial charge in [-0.1, -0.05) is 26.3 Å². The van der Waals surface area contributed by atoms with Crippen molar-refractivity contribution in [3.05, 3.63) is 35.4 Å². The van der Waals surface area contributed by atoms with E-state index in [1.165, 1.54) is 18.2 Å². The average Bonchev–Trinajstić information content (AvgIpc) is 2.22. The van der Waals surface area contributed by atoms with Crippen molar-refractivity contribution >= 4 is 0 Å². The third-order valence-corrected chi connectivity index (χ3v) is 3.95. The second-order valence-corrected chi connectivity index (χ2v) is 6.43. The molecule has 18 heavy (non-hydrogen) atoms. The molecule has 0 saturated heterocycles. The number of nitrogens with two attached hydrogens (primary N) is 1. The predicted molar refractivity (Wildman–Crippen MR) is 69.2 cm³/mol. The Morgan fingerprint density at radius 2 is 1.78 bits per heavy atom. The molecule has 0 heterocycles. The zero-order chi connectivity index (χ0) is 13.4. The summed E-state index contributed by atoms with van der Waals surface area (Å²) in [7, 11) is 0. The van der Waals surface area contributed by atoms with E-state index in [0.717, 1.165) is 25.7 Å². The van der Waals surface area contributed by atoms with E-state index in [2.05, 4.69) is 13.8 Å². The van der Waals surface area contributed by atoms with Crippen molar-refractivity contribution in [2.75, 3.05) is 0 Å². The van der Waals surface area contributed by atoms with Crippen LogP contribution in [0.25, 0.3) is 0 Å². The molecule has 0 aliphatic heterocycles. The second kappa shape index (κ2) is 4.61. The van der Waals surface area contributed by atoms with E-state index >= 15 is 0 Å². The van der Waals surface area contributed by atoms with Gasteiger partial charge in [-0.15, -0.1) is 0 Å². The normalized spacial score (nSPS) is 27.2. The van der Waals surface area contributed by atoms with Crippen LogP contribution in [0.2, 0.25) is 0 Å². The lowest BCUT2D eigenvalue weighted by atomic mass is 9.66. The SMILES string of the molecule is CC1(C)CCCC(N)(Cc2c(F)cccc2F)C1. The van der Waals surface area contributed by atoms with Crippen LogP contribution in [0.4, 0.5) is 8.78 Å². The minimum Gasteiger partial charge on any atom is -0.325 e. The van der Waals surface area contributed by atoms with E-state index in [1.54, 1.807) is 0 Å². The summed E-state index contributed by atoms with van der Waals surface area (Å²) in [6.07, 6.45) is 4.10. The Balaban J connectivity index is 2.22. The molecule has 100 valence electrons. The molecule has 1 aromatic rings. The van der Waals surface area contributed by atoms with Gasteiger partial charge in [-0.3, -0.25) is 0 Å². The zero-order valence-electron chi connectivity index (χ0n) is 11.1. The van der Waals surface area contributed by atoms with Gasteiger partial charge in [0.05, 0.1) is 0 Å². The molecule has 2 rings (SSSR count). The van der Waals surface area contributed by atoms with Gasteiger partial charge in [0.2, 0.25) is 0 Å². The molecule has 1 aliphatic rings. The summed E-state index contributed by atoms with van der Waals surface area (Å²) in [6, 6.07) is 3.99. The smallest absolute Gasteiger partial charge is 0.129 e. The van der Waals surface area contributed by atoms with Crippen LogP contribution in [0.3, 0.4) is 0 Å². The van der Waals surface area contributed by atoms with Crippen LogP contribution in [-0.4, -0.2) is 5.54 Å². The number of halogens is 2. The fourth-order valence-corrected chi connectivity index (χ4v) is 3.25. The standard InChI is InChI=1S/C15H21F2N/c1-14(2)7-4-8-15(18,10-14)9-11-12(16)5-3-6-13(11)17/h3,5-6H,4,7-10,18H2,1-2H3. The first kappa shape index (κ1) is 13.5. The third kappa shape index (κ3) is 2.89. The predicted octanol–water partition coefficient (Wildman–Crippen LogP) is 3.81. The van der Waals surface area contributed by atoms with E-state index < -0.39 is 17.2 Å².